The molecular formula is C33H47N5O5. The predicted octanol–water partition coefficient (Wildman–Crippen LogP) is 5.32. The highest BCUT2D eigenvalue weighted by Crippen LogP contribution is 2.30. The molecule has 1 aliphatic heterocycles. The van der Waals surface area contributed by atoms with Gasteiger partial charge in [-0.15, -0.1) is 0 Å². The van der Waals surface area contributed by atoms with Crippen molar-refractivity contribution in [2.75, 3.05) is 43.3 Å². The number of carbonyl (C=O) groups is 3. The summed E-state index contributed by atoms with van der Waals surface area (Å²) in [6, 6.07) is 15.3. The summed E-state index contributed by atoms with van der Waals surface area (Å²) in [7, 11) is 1.93. The van der Waals surface area contributed by atoms with Gasteiger partial charge in [-0.1, -0.05) is 37.5 Å². The summed E-state index contributed by atoms with van der Waals surface area (Å²) in [4.78, 5) is 44.1. The number of amides is 3. The van der Waals surface area contributed by atoms with Gasteiger partial charge < -0.3 is 14.4 Å². The van der Waals surface area contributed by atoms with Crippen LogP contribution in [0.1, 0.15) is 71.3 Å². The van der Waals surface area contributed by atoms with E-state index in [-0.39, 0.29) is 30.6 Å². The minimum Gasteiger partial charge on any atom is -0.494 e. The van der Waals surface area contributed by atoms with Crippen LogP contribution in [0.3, 0.4) is 0 Å². The second-order valence-corrected chi connectivity index (χ2v) is 11.6. The zero-order valence-corrected chi connectivity index (χ0v) is 26.1. The standard InChI is InChI=1S/C33H47N5O5/c1-5-37(28-15-10-7-11-16-28)33(41)34-38-24-36(23-32(40)43-25(2)3)22-26-21-29(18-19-30(26)38)42-20-12-17-31(39)35(4)27-13-8-6-9-14-27/h7,10-11,15-16,18-19,21,25,27H,5-6,8-9,12-14,17,20,22-24H2,1-4H3,(H,34,41). The van der Waals surface area contributed by atoms with Crippen LogP contribution in [0.15, 0.2) is 48.5 Å². The lowest BCUT2D eigenvalue weighted by Crippen LogP contribution is -2.55. The van der Waals surface area contributed by atoms with E-state index in [1.807, 2.05) is 86.1 Å². The number of carbonyl (C=O) groups excluding carboxylic acids is 3. The Morgan fingerprint density at radius 2 is 1.79 bits per heavy atom. The number of hydrogen-bond acceptors (Lipinski definition) is 7. The van der Waals surface area contributed by atoms with Crippen molar-refractivity contribution in [2.24, 2.45) is 0 Å². The number of rotatable bonds is 12. The van der Waals surface area contributed by atoms with Gasteiger partial charge in [-0.25, -0.2) is 10.2 Å². The number of nitrogens with one attached hydrogen (secondary N) is 1. The van der Waals surface area contributed by atoms with Crippen LogP contribution in [-0.2, 0) is 20.9 Å². The van der Waals surface area contributed by atoms with E-state index in [1.165, 1.54) is 19.3 Å². The Hall–Kier alpha value is -3.79. The maximum Gasteiger partial charge on any atom is 0.340 e. The molecule has 0 spiro atoms. The van der Waals surface area contributed by atoms with E-state index >= 15 is 0 Å². The highest BCUT2D eigenvalue weighted by atomic mass is 16.5. The van der Waals surface area contributed by atoms with Gasteiger partial charge >= 0.3 is 12.0 Å². The molecule has 0 saturated heterocycles. The van der Waals surface area contributed by atoms with Gasteiger partial charge in [0.15, 0.2) is 0 Å². The lowest BCUT2D eigenvalue weighted by Gasteiger charge is -2.39. The van der Waals surface area contributed by atoms with Gasteiger partial charge in [0.25, 0.3) is 0 Å². The number of ether oxygens (including phenoxy) is 2. The lowest BCUT2D eigenvalue weighted by molar-refractivity contribution is -0.149. The maximum atomic E-state index is 13.4. The molecule has 1 fully saturated rings. The van der Waals surface area contributed by atoms with E-state index < -0.39 is 0 Å². The highest BCUT2D eigenvalue weighted by Gasteiger charge is 2.28. The van der Waals surface area contributed by atoms with Crippen molar-refractivity contribution in [1.82, 2.24) is 15.2 Å². The van der Waals surface area contributed by atoms with Crippen molar-refractivity contribution in [3.63, 3.8) is 0 Å². The first kappa shape index (κ1) is 32.1. The number of esters is 1. The average Bonchev–Trinajstić information content (AvgIpc) is 2.99. The number of benzene rings is 2. The topological polar surface area (TPSA) is 94.7 Å². The van der Waals surface area contributed by atoms with Crippen LogP contribution in [-0.4, -0.2) is 73.3 Å². The Kier molecular flexibility index (Phi) is 11.7. The minimum absolute atomic E-state index is 0.0852. The van der Waals surface area contributed by atoms with E-state index in [9.17, 15) is 14.4 Å². The molecule has 10 nitrogen and oxygen atoms in total. The Morgan fingerprint density at radius 3 is 2.49 bits per heavy atom. The third kappa shape index (κ3) is 9.10. The fourth-order valence-electron chi connectivity index (χ4n) is 5.78. The van der Waals surface area contributed by atoms with Gasteiger partial charge in [-0.2, -0.15) is 0 Å². The smallest absolute Gasteiger partial charge is 0.340 e. The molecule has 3 amide bonds. The molecule has 10 heteroatoms. The molecule has 2 aromatic rings. The summed E-state index contributed by atoms with van der Waals surface area (Å²) in [5.74, 6) is 0.538. The van der Waals surface area contributed by atoms with E-state index in [2.05, 4.69) is 5.43 Å². The van der Waals surface area contributed by atoms with Crippen LogP contribution in [0.25, 0.3) is 0 Å². The molecule has 234 valence electrons. The molecule has 43 heavy (non-hydrogen) atoms. The third-order valence-corrected chi connectivity index (χ3v) is 7.98. The molecule has 0 bridgehead atoms. The molecular weight excluding hydrogens is 546 g/mol. The molecule has 0 unspecified atom stereocenters. The first-order valence-corrected chi connectivity index (χ1v) is 15.6. The predicted molar refractivity (Wildman–Crippen MR) is 168 cm³/mol. The molecule has 1 N–H and O–H groups in total. The van der Waals surface area contributed by atoms with E-state index in [0.717, 1.165) is 29.8 Å². The summed E-state index contributed by atoms with van der Waals surface area (Å²) in [5.41, 5.74) is 5.58. The molecule has 2 aromatic carbocycles. The molecule has 1 aliphatic carbocycles. The van der Waals surface area contributed by atoms with Crippen molar-refractivity contribution in [3.05, 3.63) is 54.1 Å². The Balaban J connectivity index is 1.41. The first-order valence-electron chi connectivity index (χ1n) is 15.6. The summed E-state index contributed by atoms with van der Waals surface area (Å²) >= 11 is 0. The quantitative estimate of drug-likeness (QED) is 0.263. The maximum absolute atomic E-state index is 13.4. The second-order valence-electron chi connectivity index (χ2n) is 11.6. The van der Waals surface area contributed by atoms with Gasteiger partial charge in [-0.05, 0) is 75.9 Å². The number of hydrogen-bond donors (Lipinski definition) is 1. The molecule has 0 radical (unpaired) electrons. The number of para-hydroxylation sites is 1. The van der Waals surface area contributed by atoms with Crippen LogP contribution >= 0.6 is 0 Å². The molecule has 1 heterocycles. The monoisotopic (exact) mass is 593 g/mol. The lowest BCUT2D eigenvalue weighted by atomic mass is 9.94. The zero-order chi connectivity index (χ0) is 30.8. The number of anilines is 2. The third-order valence-electron chi connectivity index (χ3n) is 7.98. The van der Waals surface area contributed by atoms with Crippen molar-refractivity contribution in [3.8, 4) is 5.75 Å². The van der Waals surface area contributed by atoms with Crippen LogP contribution in [0.5, 0.6) is 5.75 Å². The minimum atomic E-state index is -0.320. The fourth-order valence-corrected chi connectivity index (χ4v) is 5.78. The largest absolute Gasteiger partial charge is 0.494 e. The number of nitrogens with zero attached hydrogens (tertiary/aromatic N) is 4. The molecule has 1 saturated carbocycles. The van der Waals surface area contributed by atoms with Gasteiger partial charge in [0.2, 0.25) is 5.91 Å². The fraction of sp³-hybridized carbons (Fsp3) is 0.545. The van der Waals surface area contributed by atoms with E-state index in [1.54, 1.807) is 9.91 Å². The Bertz CT molecular complexity index is 1220. The normalized spacial score (nSPS) is 15.5. The van der Waals surface area contributed by atoms with Crippen molar-refractivity contribution in [1.29, 1.82) is 0 Å². The SMILES string of the molecule is CCN(C(=O)NN1CN(CC(=O)OC(C)C)Cc2cc(OCCCC(=O)N(C)C3CCCCC3)ccc21)c1ccccc1. The Labute approximate surface area is 255 Å². The van der Waals surface area contributed by atoms with Crippen LogP contribution < -0.4 is 20.1 Å². The highest BCUT2D eigenvalue weighted by molar-refractivity contribution is 5.93. The van der Waals surface area contributed by atoms with E-state index in [4.69, 9.17) is 9.47 Å². The Morgan fingerprint density at radius 1 is 1.05 bits per heavy atom. The molecule has 0 aromatic heterocycles. The van der Waals surface area contributed by atoms with Crippen LogP contribution in [0.2, 0.25) is 0 Å². The summed E-state index contributed by atoms with van der Waals surface area (Å²) in [5, 5.41) is 1.76. The van der Waals surface area contributed by atoms with Gasteiger partial charge in [0, 0.05) is 38.3 Å². The molecule has 0 atom stereocenters. The van der Waals surface area contributed by atoms with Crippen molar-refractivity contribution < 1.29 is 23.9 Å². The van der Waals surface area contributed by atoms with Gasteiger partial charge in [-0.3, -0.25) is 24.4 Å². The first-order chi connectivity index (χ1) is 20.7. The summed E-state index contributed by atoms with van der Waals surface area (Å²) in [6.07, 6.45) is 6.74. The zero-order valence-electron chi connectivity index (χ0n) is 26.1. The van der Waals surface area contributed by atoms with Crippen LogP contribution in [0.4, 0.5) is 16.2 Å². The number of urea groups is 1. The summed E-state index contributed by atoms with van der Waals surface area (Å²) in [6.45, 7) is 7.39. The average molecular weight is 594 g/mol. The summed E-state index contributed by atoms with van der Waals surface area (Å²) < 4.78 is 11.4. The van der Waals surface area contributed by atoms with Crippen molar-refractivity contribution >= 4 is 29.3 Å². The molecule has 4 rings (SSSR count). The van der Waals surface area contributed by atoms with Gasteiger partial charge in [0.1, 0.15) is 5.75 Å². The van der Waals surface area contributed by atoms with Gasteiger partial charge in [0.05, 0.1) is 31.6 Å². The number of hydrazine groups is 1. The number of fused-ring (bicyclic) bond motifs is 1. The van der Waals surface area contributed by atoms with Crippen LogP contribution in [0, 0.1) is 0 Å². The second kappa shape index (κ2) is 15.6. The van der Waals surface area contributed by atoms with Crippen molar-refractivity contribution in [2.45, 2.75) is 84.4 Å². The van der Waals surface area contributed by atoms with E-state index in [0.29, 0.717) is 51.0 Å². The molecule has 2 aliphatic rings.